The van der Waals surface area contributed by atoms with E-state index in [4.69, 9.17) is 0 Å². The van der Waals surface area contributed by atoms with Gasteiger partial charge < -0.3 is 0 Å². The van der Waals surface area contributed by atoms with Crippen LogP contribution in [0.15, 0.2) is 94.5 Å². The molecule has 1 heterocycles. The summed E-state index contributed by atoms with van der Waals surface area (Å²) in [5.74, 6) is 0.139. The van der Waals surface area contributed by atoms with Crippen molar-refractivity contribution in [2.75, 3.05) is 0 Å². The van der Waals surface area contributed by atoms with Crippen LogP contribution < -0.4 is 5.43 Å². The number of nitrogens with one attached hydrogen (secondary N) is 1. The van der Waals surface area contributed by atoms with Gasteiger partial charge in [-0.2, -0.15) is 5.10 Å². The highest BCUT2D eigenvalue weighted by Crippen LogP contribution is 2.21. The molecule has 0 radical (unpaired) electrons. The Bertz CT molecular complexity index is 1100. The Balaban J connectivity index is 1.62. The molecule has 142 valence electrons. The Morgan fingerprint density at radius 2 is 1.69 bits per heavy atom. The van der Waals surface area contributed by atoms with Crippen LogP contribution in [0.1, 0.15) is 16.2 Å². The van der Waals surface area contributed by atoms with Crippen molar-refractivity contribution in [3.8, 4) is 17.1 Å². The molecular weight excluding hydrogens is 430 g/mol. The van der Waals surface area contributed by atoms with Gasteiger partial charge in [-0.3, -0.25) is 4.79 Å². The summed E-state index contributed by atoms with van der Waals surface area (Å²) >= 11 is 3.40. The minimum Gasteiger partial charge on any atom is -0.264 e. The number of carbonyl (C=O) groups excluding carboxylic acids is 1. The molecule has 0 aliphatic heterocycles. The van der Waals surface area contributed by atoms with E-state index in [-0.39, 0.29) is 5.82 Å². The molecule has 0 aliphatic carbocycles. The molecule has 0 aliphatic rings. The summed E-state index contributed by atoms with van der Waals surface area (Å²) < 4.78 is 2.59. The first-order chi connectivity index (χ1) is 14.2. The molecule has 0 spiro atoms. The molecule has 0 fully saturated rings. The Hall–Kier alpha value is -3.58. The molecule has 1 aromatic heterocycles. The molecule has 0 saturated heterocycles. The average molecular weight is 446 g/mol. The van der Waals surface area contributed by atoms with Gasteiger partial charge in [-0.15, -0.1) is 5.10 Å². The van der Waals surface area contributed by atoms with E-state index in [0.29, 0.717) is 5.82 Å². The average Bonchev–Trinajstić information content (AvgIpc) is 3.21. The Morgan fingerprint density at radius 3 is 2.41 bits per heavy atom. The zero-order valence-electron chi connectivity index (χ0n) is 15.2. The van der Waals surface area contributed by atoms with Crippen molar-refractivity contribution in [2.45, 2.75) is 0 Å². The second-order valence-electron chi connectivity index (χ2n) is 6.13. The van der Waals surface area contributed by atoms with Gasteiger partial charge in [0.25, 0.3) is 0 Å². The van der Waals surface area contributed by atoms with Crippen LogP contribution in [0.5, 0.6) is 0 Å². The first-order valence-corrected chi connectivity index (χ1v) is 9.67. The summed E-state index contributed by atoms with van der Waals surface area (Å²) in [6.45, 7) is 0. The number of amides is 1. The lowest BCUT2D eigenvalue weighted by Crippen LogP contribution is -2.19. The number of halogens is 1. The fourth-order valence-corrected chi connectivity index (χ4v) is 3.15. The van der Waals surface area contributed by atoms with Crippen molar-refractivity contribution in [1.82, 2.24) is 20.2 Å². The minimum atomic E-state index is -0.483. The molecule has 1 N–H and O–H groups in total. The third-order valence-corrected chi connectivity index (χ3v) is 4.56. The zero-order valence-corrected chi connectivity index (χ0v) is 16.8. The predicted octanol–water partition coefficient (Wildman–Crippen LogP) is 4.46. The van der Waals surface area contributed by atoms with Crippen molar-refractivity contribution in [3.63, 3.8) is 0 Å². The molecule has 4 aromatic rings. The fourth-order valence-electron chi connectivity index (χ4n) is 2.73. The third-order valence-electron chi connectivity index (χ3n) is 4.07. The second kappa shape index (κ2) is 8.62. The lowest BCUT2D eigenvalue weighted by molar-refractivity contribution is 0.0945. The molecule has 7 heteroatoms. The summed E-state index contributed by atoms with van der Waals surface area (Å²) in [4.78, 5) is 17.0. The van der Waals surface area contributed by atoms with Gasteiger partial charge in [0, 0.05) is 10.0 Å². The highest BCUT2D eigenvalue weighted by Gasteiger charge is 2.18. The van der Waals surface area contributed by atoms with Crippen LogP contribution in [0.3, 0.4) is 0 Å². The van der Waals surface area contributed by atoms with Crippen LogP contribution in [0.2, 0.25) is 0 Å². The minimum absolute atomic E-state index is 0.0408. The molecule has 0 bridgehead atoms. The van der Waals surface area contributed by atoms with Gasteiger partial charge >= 0.3 is 5.91 Å². The van der Waals surface area contributed by atoms with Gasteiger partial charge in [-0.1, -0.05) is 76.6 Å². The van der Waals surface area contributed by atoms with E-state index in [1.165, 1.54) is 0 Å². The van der Waals surface area contributed by atoms with E-state index < -0.39 is 5.91 Å². The normalized spacial score (nSPS) is 10.9. The number of hydrazone groups is 1. The van der Waals surface area contributed by atoms with Crippen LogP contribution in [0.25, 0.3) is 17.1 Å². The summed E-state index contributed by atoms with van der Waals surface area (Å²) in [7, 11) is 0. The predicted molar refractivity (Wildman–Crippen MR) is 116 cm³/mol. The summed E-state index contributed by atoms with van der Waals surface area (Å²) in [5.41, 5.74) is 5.02. The van der Waals surface area contributed by atoms with Crippen LogP contribution in [0, 0.1) is 0 Å². The van der Waals surface area contributed by atoms with E-state index in [1.54, 1.807) is 10.9 Å². The van der Waals surface area contributed by atoms with Gasteiger partial charge in [0.2, 0.25) is 5.82 Å². The van der Waals surface area contributed by atoms with Crippen molar-refractivity contribution >= 4 is 28.1 Å². The van der Waals surface area contributed by atoms with Gasteiger partial charge in [-0.05, 0) is 29.8 Å². The Kier molecular flexibility index (Phi) is 5.58. The molecule has 6 nitrogen and oxygen atoms in total. The molecule has 29 heavy (non-hydrogen) atoms. The zero-order chi connectivity index (χ0) is 20.1. The maximum atomic E-state index is 12.6. The quantitative estimate of drug-likeness (QED) is 0.364. The van der Waals surface area contributed by atoms with Crippen molar-refractivity contribution in [3.05, 3.63) is 101 Å². The SMILES string of the molecule is O=C(NN=Cc1cccc(Br)c1)c1nc(-c2ccccc2)n(-c2ccccc2)n1. The number of hydrogen-bond donors (Lipinski definition) is 1. The molecule has 0 saturated carbocycles. The Labute approximate surface area is 176 Å². The van der Waals surface area contributed by atoms with E-state index in [9.17, 15) is 4.79 Å². The van der Waals surface area contributed by atoms with Gasteiger partial charge in [0.05, 0.1) is 11.9 Å². The standard InChI is InChI=1S/C22H16BrN5O/c23-18-11-7-8-16(14-18)15-24-26-22(29)20-25-21(17-9-3-1-4-10-17)28(27-20)19-12-5-2-6-13-19/h1-15H,(H,26,29). The van der Waals surface area contributed by atoms with Crippen LogP contribution >= 0.6 is 15.9 Å². The molecule has 0 atom stereocenters. The number of hydrogen-bond acceptors (Lipinski definition) is 4. The number of aromatic nitrogens is 3. The van der Waals surface area contributed by atoms with Gasteiger partial charge in [0.1, 0.15) is 0 Å². The first-order valence-electron chi connectivity index (χ1n) is 8.87. The number of nitrogens with zero attached hydrogens (tertiary/aromatic N) is 4. The maximum absolute atomic E-state index is 12.6. The smallest absolute Gasteiger partial charge is 0.264 e. The molecular formula is C22H16BrN5O. The van der Waals surface area contributed by atoms with Crippen LogP contribution in [0.4, 0.5) is 0 Å². The summed E-state index contributed by atoms with van der Waals surface area (Å²) in [6.07, 6.45) is 1.56. The van der Waals surface area contributed by atoms with Crippen molar-refractivity contribution < 1.29 is 4.79 Å². The second-order valence-corrected chi connectivity index (χ2v) is 7.04. The first kappa shape index (κ1) is 18.8. The van der Waals surface area contributed by atoms with Crippen molar-refractivity contribution in [2.24, 2.45) is 5.10 Å². The fraction of sp³-hybridized carbons (Fsp3) is 0. The molecule has 1 amide bonds. The summed E-state index contributed by atoms with van der Waals surface area (Å²) in [6, 6.07) is 26.8. The van der Waals surface area contributed by atoms with E-state index in [2.05, 4.69) is 36.5 Å². The monoisotopic (exact) mass is 445 g/mol. The number of benzene rings is 3. The maximum Gasteiger partial charge on any atom is 0.311 e. The topological polar surface area (TPSA) is 72.2 Å². The number of para-hydroxylation sites is 1. The van der Waals surface area contributed by atoms with Gasteiger partial charge in [-0.25, -0.2) is 15.1 Å². The van der Waals surface area contributed by atoms with Crippen molar-refractivity contribution in [1.29, 1.82) is 0 Å². The number of rotatable bonds is 5. The lowest BCUT2D eigenvalue weighted by Gasteiger charge is -2.05. The van der Waals surface area contributed by atoms with E-state index >= 15 is 0 Å². The van der Waals surface area contributed by atoms with E-state index in [1.807, 2.05) is 84.9 Å². The summed E-state index contributed by atoms with van der Waals surface area (Å²) in [5, 5.41) is 8.42. The highest BCUT2D eigenvalue weighted by molar-refractivity contribution is 9.10. The van der Waals surface area contributed by atoms with Crippen LogP contribution in [-0.4, -0.2) is 26.9 Å². The molecule has 0 unspecified atom stereocenters. The highest BCUT2D eigenvalue weighted by atomic mass is 79.9. The lowest BCUT2D eigenvalue weighted by atomic mass is 10.2. The largest absolute Gasteiger partial charge is 0.311 e. The van der Waals surface area contributed by atoms with E-state index in [0.717, 1.165) is 21.3 Å². The number of carbonyl (C=O) groups is 1. The third kappa shape index (κ3) is 4.47. The molecule has 3 aromatic carbocycles. The Morgan fingerprint density at radius 1 is 0.966 bits per heavy atom. The van der Waals surface area contributed by atoms with Crippen LogP contribution in [-0.2, 0) is 0 Å². The van der Waals surface area contributed by atoms with Gasteiger partial charge in [0.15, 0.2) is 5.82 Å². The molecule has 4 rings (SSSR count).